The van der Waals surface area contributed by atoms with Crippen molar-refractivity contribution in [1.29, 1.82) is 0 Å². The molecule has 0 aliphatic carbocycles. The molecule has 0 bridgehead atoms. The molecule has 0 amide bonds. The topological polar surface area (TPSA) is 64.4 Å². The predicted octanol–water partition coefficient (Wildman–Crippen LogP) is 4.82. The standard InChI is InChI=1S/C20H21FN4O2S/c1-3-4-11-27-17-10-5-14(12-18(17)26-2)13-22-25-19(23-24-20(25)28)15-6-8-16(21)9-7-15/h5-10,12-13H,3-4,11H2,1-2H3,(H,24,28)/b22-13-. The second-order valence-electron chi connectivity index (χ2n) is 6.03. The van der Waals surface area contributed by atoms with E-state index >= 15 is 0 Å². The number of H-pyrrole nitrogens is 1. The van der Waals surface area contributed by atoms with Crippen molar-refractivity contribution in [3.05, 3.63) is 58.6 Å². The van der Waals surface area contributed by atoms with Gasteiger partial charge < -0.3 is 9.47 Å². The van der Waals surface area contributed by atoms with Crippen LogP contribution in [0.25, 0.3) is 11.4 Å². The first-order chi connectivity index (χ1) is 13.6. The van der Waals surface area contributed by atoms with Gasteiger partial charge in [0.1, 0.15) is 5.82 Å². The molecule has 146 valence electrons. The van der Waals surface area contributed by atoms with Crippen LogP contribution in [0.4, 0.5) is 4.39 Å². The number of benzene rings is 2. The predicted molar refractivity (Wildman–Crippen MR) is 109 cm³/mol. The molecule has 3 aromatic rings. The first-order valence-electron chi connectivity index (χ1n) is 8.91. The number of ether oxygens (including phenoxy) is 2. The molecule has 1 heterocycles. The third kappa shape index (κ3) is 4.64. The Hall–Kier alpha value is -3.00. The lowest BCUT2D eigenvalue weighted by atomic mass is 10.2. The van der Waals surface area contributed by atoms with Gasteiger partial charge in [0.15, 0.2) is 17.3 Å². The number of nitrogens with one attached hydrogen (secondary N) is 1. The van der Waals surface area contributed by atoms with E-state index in [1.807, 2.05) is 18.2 Å². The van der Waals surface area contributed by atoms with Crippen LogP contribution in [0.15, 0.2) is 47.6 Å². The molecule has 0 unspecified atom stereocenters. The summed E-state index contributed by atoms with van der Waals surface area (Å²) in [4.78, 5) is 0. The second-order valence-corrected chi connectivity index (χ2v) is 6.41. The summed E-state index contributed by atoms with van der Waals surface area (Å²) < 4.78 is 26.2. The fraction of sp³-hybridized carbons (Fsp3) is 0.250. The maximum Gasteiger partial charge on any atom is 0.216 e. The highest BCUT2D eigenvalue weighted by atomic mass is 32.1. The lowest BCUT2D eigenvalue weighted by molar-refractivity contribution is 0.288. The van der Waals surface area contributed by atoms with Crippen LogP contribution in [0, 0.1) is 10.6 Å². The lowest BCUT2D eigenvalue weighted by Gasteiger charge is -2.10. The molecule has 1 aromatic heterocycles. The van der Waals surface area contributed by atoms with Crippen LogP contribution in [0.5, 0.6) is 11.5 Å². The highest BCUT2D eigenvalue weighted by molar-refractivity contribution is 7.71. The maximum atomic E-state index is 13.2. The van der Waals surface area contributed by atoms with Crippen LogP contribution >= 0.6 is 12.2 Å². The third-order valence-electron chi connectivity index (χ3n) is 4.02. The zero-order valence-electron chi connectivity index (χ0n) is 15.7. The first-order valence-corrected chi connectivity index (χ1v) is 9.31. The maximum absolute atomic E-state index is 13.2. The van der Waals surface area contributed by atoms with Crippen molar-refractivity contribution in [2.75, 3.05) is 13.7 Å². The average Bonchev–Trinajstić information content (AvgIpc) is 3.08. The first kappa shape index (κ1) is 19.8. The Morgan fingerprint density at radius 2 is 2.00 bits per heavy atom. The SMILES string of the molecule is CCCCOc1ccc(/C=N\n2c(-c3ccc(F)cc3)n[nH]c2=S)cc1OC. The lowest BCUT2D eigenvalue weighted by Crippen LogP contribution is -2.00. The number of hydrogen-bond acceptors (Lipinski definition) is 5. The Bertz CT molecular complexity index is 1010. The Kier molecular flexibility index (Phi) is 6.54. The summed E-state index contributed by atoms with van der Waals surface area (Å²) in [6, 6.07) is 11.5. The molecule has 0 spiro atoms. The Morgan fingerprint density at radius 1 is 1.21 bits per heavy atom. The summed E-state index contributed by atoms with van der Waals surface area (Å²) in [5, 5.41) is 11.3. The molecule has 0 saturated carbocycles. The van der Waals surface area contributed by atoms with Crippen molar-refractivity contribution >= 4 is 18.4 Å². The van der Waals surface area contributed by atoms with Crippen molar-refractivity contribution in [2.24, 2.45) is 5.10 Å². The fourth-order valence-electron chi connectivity index (χ4n) is 2.52. The van der Waals surface area contributed by atoms with Gasteiger partial charge in [-0.15, -0.1) is 0 Å². The minimum absolute atomic E-state index is 0.318. The third-order valence-corrected chi connectivity index (χ3v) is 4.28. The zero-order valence-corrected chi connectivity index (χ0v) is 16.5. The van der Waals surface area contributed by atoms with Crippen molar-refractivity contribution in [2.45, 2.75) is 19.8 Å². The molecule has 0 atom stereocenters. The minimum atomic E-state index is -0.318. The molecule has 2 aromatic carbocycles. The number of hydrogen-bond donors (Lipinski definition) is 1. The molecule has 6 nitrogen and oxygen atoms in total. The van der Waals surface area contributed by atoms with E-state index in [0.717, 1.165) is 18.4 Å². The molecule has 28 heavy (non-hydrogen) atoms. The van der Waals surface area contributed by atoms with E-state index in [9.17, 15) is 4.39 Å². The van der Waals surface area contributed by atoms with E-state index in [-0.39, 0.29) is 5.82 Å². The number of unbranched alkanes of at least 4 members (excludes halogenated alkanes) is 1. The Morgan fingerprint density at radius 3 is 2.71 bits per heavy atom. The molecule has 8 heteroatoms. The van der Waals surface area contributed by atoms with Gasteiger partial charge in [0.25, 0.3) is 0 Å². The van der Waals surface area contributed by atoms with Gasteiger partial charge in [-0.2, -0.15) is 14.9 Å². The van der Waals surface area contributed by atoms with Gasteiger partial charge in [0, 0.05) is 5.56 Å². The van der Waals surface area contributed by atoms with Gasteiger partial charge in [-0.3, -0.25) is 0 Å². The molecule has 1 N–H and O–H groups in total. The van der Waals surface area contributed by atoms with Gasteiger partial charge in [-0.05, 0) is 66.7 Å². The zero-order chi connectivity index (χ0) is 19.9. The summed E-state index contributed by atoms with van der Waals surface area (Å²) in [5.74, 6) is 1.50. The Labute approximate surface area is 167 Å². The van der Waals surface area contributed by atoms with Crippen LogP contribution in [0.2, 0.25) is 0 Å². The summed E-state index contributed by atoms with van der Waals surface area (Å²) in [6.07, 6.45) is 3.70. The van der Waals surface area contributed by atoms with Crippen LogP contribution in [-0.2, 0) is 0 Å². The normalized spacial score (nSPS) is 11.1. The number of halogens is 1. The van der Waals surface area contributed by atoms with E-state index in [4.69, 9.17) is 21.7 Å². The number of methoxy groups -OCH3 is 1. The van der Waals surface area contributed by atoms with E-state index in [1.165, 1.54) is 16.8 Å². The number of aromatic amines is 1. The van der Waals surface area contributed by atoms with Crippen LogP contribution in [-0.4, -0.2) is 34.8 Å². The second kappa shape index (κ2) is 9.27. The van der Waals surface area contributed by atoms with Crippen LogP contribution in [0.1, 0.15) is 25.3 Å². The minimum Gasteiger partial charge on any atom is -0.493 e. The number of nitrogens with zero attached hydrogens (tertiary/aromatic N) is 3. The molecule has 3 rings (SSSR count). The van der Waals surface area contributed by atoms with Gasteiger partial charge in [0.05, 0.1) is 19.9 Å². The highest BCUT2D eigenvalue weighted by Gasteiger charge is 2.09. The van der Waals surface area contributed by atoms with Crippen LogP contribution < -0.4 is 9.47 Å². The summed E-state index contributed by atoms with van der Waals surface area (Å²) in [5.41, 5.74) is 1.51. The van der Waals surface area contributed by atoms with Gasteiger partial charge >= 0.3 is 0 Å². The molecule has 0 fully saturated rings. The van der Waals surface area contributed by atoms with Crippen molar-refractivity contribution in [3.63, 3.8) is 0 Å². The average molecular weight is 400 g/mol. The smallest absolute Gasteiger partial charge is 0.216 e. The highest BCUT2D eigenvalue weighted by Crippen LogP contribution is 2.28. The molecule has 0 saturated heterocycles. The van der Waals surface area contributed by atoms with E-state index in [1.54, 1.807) is 25.5 Å². The molecular weight excluding hydrogens is 379 g/mol. The van der Waals surface area contributed by atoms with Crippen molar-refractivity contribution < 1.29 is 13.9 Å². The van der Waals surface area contributed by atoms with Gasteiger partial charge in [0.2, 0.25) is 4.77 Å². The largest absolute Gasteiger partial charge is 0.493 e. The van der Waals surface area contributed by atoms with E-state index in [0.29, 0.717) is 34.3 Å². The van der Waals surface area contributed by atoms with Gasteiger partial charge in [-0.1, -0.05) is 13.3 Å². The molecule has 0 aliphatic rings. The van der Waals surface area contributed by atoms with Crippen molar-refractivity contribution in [1.82, 2.24) is 14.9 Å². The molecule has 0 aliphatic heterocycles. The Balaban J connectivity index is 1.85. The summed E-state index contributed by atoms with van der Waals surface area (Å²) in [7, 11) is 1.60. The van der Waals surface area contributed by atoms with E-state index in [2.05, 4.69) is 22.2 Å². The van der Waals surface area contributed by atoms with Crippen molar-refractivity contribution in [3.8, 4) is 22.9 Å². The van der Waals surface area contributed by atoms with E-state index < -0.39 is 0 Å². The number of rotatable bonds is 8. The fourth-order valence-corrected chi connectivity index (χ4v) is 2.70. The molecular formula is C20H21FN4O2S. The molecule has 0 radical (unpaired) electrons. The van der Waals surface area contributed by atoms with Crippen LogP contribution in [0.3, 0.4) is 0 Å². The number of aromatic nitrogens is 3. The summed E-state index contributed by atoms with van der Waals surface area (Å²) in [6.45, 7) is 2.76. The summed E-state index contributed by atoms with van der Waals surface area (Å²) >= 11 is 5.26. The quantitative estimate of drug-likeness (QED) is 0.335. The van der Waals surface area contributed by atoms with Gasteiger partial charge in [-0.25, -0.2) is 9.49 Å². The monoisotopic (exact) mass is 400 g/mol.